The summed E-state index contributed by atoms with van der Waals surface area (Å²) < 4.78 is 114. The van der Waals surface area contributed by atoms with Crippen molar-refractivity contribution in [1.29, 1.82) is 0 Å². The van der Waals surface area contributed by atoms with Crippen LogP contribution in [0.3, 0.4) is 0 Å². The van der Waals surface area contributed by atoms with Crippen LogP contribution in [-0.2, 0) is 55.2 Å². The number of nitrogens with one attached hydrogen (secondary N) is 1. The highest BCUT2D eigenvalue weighted by molar-refractivity contribution is 14.1. The number of ketones is 1. The van der Waals surface area contributed by atoms with Crippen molar-refractivity contribution in [3.05, 3.63) is 291 Å². The molecule has 5 aromatic carbocycles. The number of fused-ring (bicyclic) bond motifs is 3. The lowest BCUT2D eigenvalue weighted by Gasteiger charge is -2.24. The van der Waals surface area contributed by atoms with Gasteiger partial charge < -0.3 is 27.7 Å². The number of pyridine rings is 2. The number of benzene rings is 5. The number of aromatic nitrogens is 4. The Morgan fingerprint density at radius 3 is 1.52 bits per heavy atom. The Hall–Kier alpha value is -9.23. The minimum atomic E-state index is -3.38. The third-order valence-corrected chi connectivity index (χ3v) is 23.3. The van der Waals surface area contributed by atoms with Crippen LogP contribution < -0.4 is 33.3 Å². The molecule has 14 rings (SSSR count). The Balaban J connectivity index is 0.000000153. The predicted molar refractivity (Wildman–Crippen MR) is 431 cm³/mol. The van der Waals surface area contributed by atoms with E-state index in [0.29, 0.717) is 89.4 Å². The Morgan fingerprint density at radius 1 is 0.560 bits per heavy atom. The summed E-state index contributed by atoms with van der Waals surface area (Å²) in [6, 6.07) is 25.0. The molecule has 3 aliphatic carbocycles. The molecule has 564 valence electrons. The average molecular weight is 1760 g/mol. The zero-order valence-corrected chi connectivity index (χ0v) is 67.8. The highest BCUT2D eigenvalue weighted by Crippen LogP contribution is 2.45. The number of carbonyl (C=O) groups excluding carboxylic acids is 2. The van der Waals surface area contributed by atoms with Crippen LogP contribution in [0.5, 0.6) is 0 Å². The summed E-state index contributed by atoms with van der Waals surface area (Å²) >= 11 is 10.8. The molecule has 0 aliphatic heterocycles. The van der Waals surface area contributed by atoms with Gasteiger partial charge in [0.15, 0.2) is 42.4 Å². The lowest BCUT2D eigenvalue weighted by Crippen LogP contribution is -2.26. The van der Waals surface area contributed by atoms with Crippen molar-refractivity contribution in [2.24, 2.45) is 0 Å². The molecule has 2 fully saturated rings. The van der Waals surface area contributed by atoms with Crippen molar-refractivity contribution in [3.8, 4) is 22.4 Å². The second-order valence-corrected chi connectivity index (χ2v) is 35.3. The van der Waals surface area contributed by atoms with Gasteiger partial charge in [-0.3, -0.25) is 24.2 Å². The molecular formula is C82H73ClF3I2N5O14S2. The molecule has 11 aromatic rings. The van der Waals surface area contributed by atoms with Gasteiger partial charge in [0, 0.05) is 109 Å². The van der Waals surface area contributed by atoms with E-state index in [-0.39, 0.29) is 133 Å². The molecule has 27 heteroatoms. The van der Waals surface area contributed by atoms with Crippen LogP contribution in [-0.4, -0.2) is 60.1 Å². The third-order valence-electron chi connectivity index (χ3n) is 19.8. The highest BCUT2D eigenvalue weighted by Gasteiger charge is 2.36. The van der Waals surface area contributed by atoms with Crippen molar-refractivity contribution < 1.29 is 52.8 Å². The first kappa shape index (κ1) is 79.3. The van der Waals surface area contributed by atoms with E-state index >= 15 is 0 Å². The molecule has 6 heterocycles. The van der Waals surface area contributed by atoms with Gasteiger partial charge in [-0.25, -0.2) is 49.4 Å². The smallest absolute Gasteiger partial charge is 0.339 e. The van der Waals surface area contributed by atoms with Crippen LogP contribution in [0.15, 0.2) is 146 Å². The number of Topliss-reactive ketones (excluding diaryl/α,β-unsaturated/α-hetero) is 1. The fourth-order valence-electron chi connectivity index (χ4n) is 14.2. The largest absolute Gasteiger partial charge is 0.422 e. The van der Waals surface area contributed by atoms with Gasteiger partial charge in [0.1, 0.15) is 23.2 Å². The summed E-state index contributed by atoms with van der Waals surface area (Å²) in [4.78, 5) is 100. The van der Waals surface area contributed by atoms with Crippen LogP contribution >= 0.6 is 56.8 Å². The SMILES string of the molecule is CC(=O)Nc1cncc(-c2c(C)n(C3CC3)c(=O)c3c(Cc4ccc(I)cc4F)c(C)c(=O)oc23)n1.CC1=C(c2cccc(CS(C)(=O)=O)c2C)c2oc(=O)c(C)c(Cc3ccc(C)cc3F)c2C(=O)C1.Cc1c(Cc2ccc(I)cc2F)c2c(=O)n(C3CC3)c(C)c(-c3cccc(CS(C)(=O)=O)c3Cl)c2oc1=O. The maximum atomic E-state index is 14.9. The first-order valence-electron chi connectivity index (χ1n) is 34.7. The minimum absolute atomic E-state index is 0.0150. The number of carbonyl (C=O) groups is 2. The van der Waals surface area contributed by atoms with Crippen LogP contribution in [0, 0.1) is 73.1 Å². The number of halogens is 6. The van der Waals surface area contributed by atoms with Crippen LogP contribution in [0.1, 0.15) is 163 Å². The van der Waals surface area contributed by atoms with Gasteiger partial charge in [0.2, 0.25) is 5.91 Å². The van der Waals surface area contributed by atoms with Gasteiger partial charge in [-0.1, -0.05) is 77.8 Å². The summed E-state index contributed by atoms with van der Waals surface area (Å²) in [6.45, 7) is 15.1. The molecule has 0 bridgehead atoms. The van der Waals surface area contributed by atoms with E-state index in [9.17, 15) is 63.6 Å². The zero-order chi connectivity index (χ0) is 78.9. The van der Waals surface area contributed by atoms with Gasteiger partial charge in [0.25, 0.3) is 11.1 Å². The topological polar surface area (TPSA) is 275 Å². The fourth-order valence-corrected chi connectivity index (χ4v) is 17.1. The Bertz CT molecular complexity index is 6320. The zero-order valence-electron chi connectivity index (χ0n) is 61.1. The van der Waals surface area contributed by atoms with E-state index in [2.05, 4.69) is 15.3 Å². The van der Waals surface area contributed by atoms with Gasteiger partial charge in [-0.2, -0.15) is 0 Å². The second kappa shape index (κ2) is 31.3. The summed E-state index contributed by atoms with van der Waals surface area (Å²) in [5.74, 6) is -1.74. The van der Waals surface area contributed by atoms with Crippen LogP contribution in [0.2, 0.25) is 5.02 Å². The molecule has 109 heavy (non-hydrogen) atoms. The van der Waals surface area contributed by atoms with E-state index in [4.69, 9.17) is 24.9 Å². The molecule has 1 amide bonds. The van der Waals surface area contributed by atoms with Crippen LogP contribution in [0.25, 0.3) is 49.9 Å². The van der Waals surface area contributed by atoms with Gasteiger partial charge >= 0.3 is 16.9 Å². The molecule has 19 nitrogen and oxygen atoms in total. The highest BCUT2D eigenvalue weighted by atomic mass is 127. The molecule has 3 aliphatic rings. The quantitative estimate of drug-likeness (QED) is 0.0880. The fraction of sp³-hybridized carbons (Fsp3) is 0.280. The van der Waals surface area contributed by atoms with E-state index in [1.165, 1.54) is 43.8 Å². The Labute approximate surface area is 656 Å². The Kier molecular flexibility index (Phi) is 22.8. The minimum Gasteiger partial charge on any atom is -0.422 e. The molecular weight excluding hydrogens is 1690 g/mol. The van der Waals surface area contributed by atoms with E-state index in [1.54, 1.807) is 124 Å². The lowest BCUT2D eigenvalue weighted by molar-refractivity contribution is -0.114. The monoisotopic (exact) mass is 1760 g/mol. The summed E-state index contributed by atoms with van der Waals surface area (Å²) in [6.07, 6.45) is 8.83. The predicted octanol–water partition coefficient (Wildman–Crippen LogP) is 16.0. The molecule has 0 saturated heterocycles. The Morgan fingerprint density at radius 2 is 1.02 bits per heavy atom. The molecule has 2 saturated carbocycles. The van der Waals surface area contributed by atoms with E-state index in [0.717, 1.165) is 55.8 Å². The van der Waals surface area contributed by atoms with Gasteiger partial charge in [0.05, 0.1) is 56.5 Å². The first-order chi connectivity index (χ1) is 51.4. The number of anilines is 1. The standard InChI is InChI=1S/C28H24ClFINO5S.C28H27FO5S.C26H22FIN4O4/c1-14-21(11-16-7-8-18(31)12-22(16)30)24-26(37-28(14)34)23(15(2)32(27(24)33)19-9-10-19)20-6-4-5-17(25(20)29)13-38(3,35)36;1-15-9-10-19(23(29)11-15)13-22-18(4)28(31)34-27-25(16(2)12-24(30)26(22)27)21-8-6-7-20(17(21)3)14-35(5,32)33;1-12-18(8-15-4-5-16(28)9-19(15)27)23-24(36-26(12)35)22(13(2)32(25(23)34)17-6-7-17)20-10-29-11-21(31-20)30-14(3)33/h4-8,12,19H,9-11,13H2,1-3H3;6-11H,12-14H2,1-5H3;4-5,9-11,17H,6-8H2,1-3H3,(H,30,31,33). The first-order valence-corrected chi connectivity index (χ1v) is 41.3. The third kappa shape index (κ3) is 16.6. The number of amides is 1. The van der Waals surface area contributed by atoms with E-state index < -0.39 is 54.0 Å². The number of hydrogen-bond donors (Lipinski definition) is 1. The van der Waals surface area contributed by atoms with Crippen LogP contribution in [0.4, 0.5) is 19.0 Å². The molecule has 0 spiro atoms. The lowest BCUT2D eigenvalue weighted by atomic mass is 9.80. The number of sulfone groups is 2. The van der Waals surface area contributed by atoms with Crippen molar-refractivity contribution in [1.82, 2.24) is 19.1 Å². The maximum absolute atomic E-state index is 14.9. The van der Waals surface area contributed by atoms with Crippen molar-refractivity contribution in [2.75, 3.05) is 17.8 Å². The average Bonchev–Trinajstić information content (AvgIpc) is 1.71. The van der Waals surface area contributed by atoms with Gasteiger partial charge in [-0.05, 0) is 218 Å². The number of rotatable bonds is 16. The molecule has 6 aromatic heterocycles. The summed E-state index contributed by atoms with van der Waals surface area (Å²) in [5.41, 5.74) is 8.64. The molecule has 1 N–H and O–H groups in total. The molecule has 0 atom stereocenters. The molecule has 0 unspecified atom stereocenters. The van der Waals surface area contributed by atoms with Gasteiger partial charge in [-0.15, -0.1) is 0 Å². The van der Waals surface area contributed by atoms with Crippen molar-refractivity contribution >= 4 is 121 Å². The summed E-state index contributed by atoms with van der Waals surface area (Å²) in [7, 11) is -6.65. The van der Waals surface area contributed by atoms with Crippen molar-refractivity contribution in [2.45, 2.75) is 137 Å². The van der Waals surface area contributed by atoms with Crippen molar-refractivity contribution in [3.63, 3.8) is 0 Å². The number of allylic oxidation sites excluding steroid dienone is 1. The number of hydrogen-bond acceptors (Lipinski definition) is 16. The molecule has 0 radical (unpaired) electrons. The summed E-state index contributed by atoms with van der Waals surface area (Å²) in [5, 5.41) is 3.24. The maximum Gasteiger partial charge on any atom is 0.339 e. The number of aryl methyl sites for hydroxylation is 1. The second-order valence-electron chi connectivity index (χ2n) is 28.2. The van der Waals surface area contributed by atoms with E-state index in [1.807, 2.05) is 58.2 Å². The normalized spacial score (nSPS) is 13.6. The number of nitrogens with zero attached hydrogens (tertiary/aromatic N) is 4.